The Bertz CT molecular complexity index is 1010. The van der Waals surface area contributed by atoms with Gasteiger partial charge in [-0.05, 0) is 34.4 Å². The van der Waals surface area contributed by atoms with Crippen LogP contribution in [0.5, 0.6) is 0 Å². The highest BCUT2D eigenvalue weighted by Crippen LogP contribution is 2.44. The summed E-state index contributed by atoms with van der Waals surface area (Å²) in [6.07, 6.45) is 0.0954. The van der Waals surface area contributed by atoms with Crippen molar-refractivity contribution in [3.05, 3.63) is 89.2 Å². The maximum Gasteiger partial charge on any atom is 0.407 e. The van der Waals surface area contributed by atoms with Crippen molar-refractivity contribution in [2.75, 3.05) is 13.2 Å². The number of fused-ring (bicyclic) bond motifs is 3. The predicted octanol–water partition coefficient (Wildman–Crippen LogP) is 4.03. The number of carbonyl (C=O) groups is 1. The van der Waals surface area contributed by atoms with E-state index in [0.29, 0.717) is 25.3 Å². The molecule has 5 heteroatoms. The molecule has 0 bridgehead atoms. The minimum absolute atomic E-state index is 0.0483. The molecule has 0 atom stereocenters. The summed E-state index contributed by atoms with van der Waals surface area (Å²) in [5.74, 6) is 0.0483. The summed E-state index contributed by atoms with van der Waals surface area (Å²) in [6.45, 7) is 0.695. The molecular formula is C23H19N3O2. The Balaban J connectivity index is 1.34. The van der Waals surface area contributed by atoms with Crippen molar-refractivity contribution >= 4 is 6.09 Å². The van der Waals surface area contributed by atoms with Crippen LogP contribution in [0.3, 0.4) is 0 Å². The van der Waals surface area contributed by atoms with E-state index >= 15 is 0 Å². The molecule has 0 unspecified atom stereocenters. The van der Waals surface area contributed by atoms with Crippen LogP contribution >= 0.6 is 0 Å². The number of nitriles is 1. The minimum atomic E-state index is -0.446. The Hall–Kier alpha value is -3.65. The van der Waals surface area contributed by atoms with Crippen LogP contribution in [0.4, 0.5) is 4.79 Å². The number of alkyl carbamates (subject to hydrolysis) is 1. The van der Waals surface area contributed by atoms with E-state index in [1.807, 2.05) is 36.4 Å². The number of hydrogen-bond donors (Lipinski definition) is 1. The predicted molar refractivity (Wildman–Crippen MR) is 106 cm³/mol. The molecule has 0 saturated heterocycles. The zero-order valence-corrected chi connectivity index (χ0v) is 15.3. The van der Waals surface area contributed by atoms with Gasteiger partial charge in [-0.15, -0.1) is 0 Å². The van der Waals surface area contributed by atoms with Crippen molar-refractivity contribution in [3.63, 3.8) is 0 Å². The number of ether oxygens (including phenoxy) is 1. The fourth-order valence-corrected chi connectivity index (χ4v) is 3.62. The molecule has 2 aromatic carbocycles. The van der Waals surface area contributed by atoms with E-state index in [4.69, 9.17) is 10.00 Å². The monoisotopic (exact) mass is 369 g/mol. The Morgan fingerprint density at radius 1 is 1.00 bits per heavy atom. The largest absolute Gasteiger partial charge is 0.449 e. The summed E-state index contributed by atoms with van der Waals surface area (Å²) >= 11 is 0. The molecule has 1 heterocycles. The lowest BCUT2D eigenvalue weighted by Crippen LogP contribution is -2.28. The summed E-state index contributed by atoms with van der Waals surface area (Å²) in [5.41, 5.74) is 5.92. The molecule has 1 amide bonds. The van der Waals surface area contributed by atoms with Crippen molar-refractivity contribution in [3.8, 4) is 17.2 Å². The van der Waals surface area contributed by atoms with Gasteiger partial charge in [0, 0.05) is 24.6 Å². The molecule has 0 saturated carbocycles. The topological polar surface area (TPSA) is 75.0 Å². The molecule has 1 aliphatic carbocycles. The van der Waals surface area contributed by atoms with E-state index in [1.54, 1.807) is 12.1 Å². The average molecular weight is 369 g/mol. The van der Waals surface area contributed by atoms with Gasteiger partial charge < -0.3 is 10.1 Å². The van der Waals surface area contributed by atoms with Crippen LogP contribution in [0.2, 0.25) is 0 Å². The van der Waals surface area contributed by atoms with E-state index in [1.165, 1.54) is 22.3 Å². The van der Waals surface area contributed by atoms with E-state index in [2.05, 4.69) is 34.6 Å². The van der Waals surface area contributed by atoms with Crippen LogP contribution in [0.15, 0.2) is 66.7 Å². The Morgan fingerprint density at radius 3 is 2.36 bits per heavy atom. The number of benzene rings is 2. The standard InChI is InChI=1S/C23H19N3O2/c24-14-17-7-5-6-16(26-17)12-13-25-23(27)28-15-22-20-10-3-1-8-18(20)19-9-2-4-11-21(19)22/h1-11,22H,12-13,15H2,(H,25,27). The normalized spacial score (nSPS) is 12.0. The fraction of sp³-hybridized carbons (Fsp3) is 0.174. The molecule has 1 N–H and O–H groups in total. The third kappa shape index (κ3) is 3.58. The van der Waals surface area contributed by atoms with Crippen molar-refractivity contribution in [2.24, 2.45) is 0 Å². The second-order valence-corrected chi connectivity index (χ2v) is 6.63. The van der Waals surface area contributed by atoms with Gasteiger partial charge in [0.15, 0.2) is 0 Å². The molecule has 5 nitrogen and oxygen atoms in total. The van der Waals surface area contributed by atoms with E-state index in [9.17, 15) is 4.79 Å². The van der Waals surface area contributed by atoms with E-state index in [-0.39, 0.29) is 5.92 Å². The highest BCUT2D eigenvalue weighted by atomic mass is 16.5. The number of aromatic nitrogens is 1. The van der Waals surface area contributed by atoms with Gasteiger partial charge in [0.2, 0.25) is 0 Å². The van der Waals surface area contributed by atoms with Crippen molar-refractivity contribution < 1.29 is 9.53 Å². The molecule has 28 heavy (non-hydrogen) atoms. The third-order valence-corrected chi connectivity index (χ3v) is 4.92. The number of carbonyl (C=O) groups excluding carboxylic acids is 1. The lowest BCUT2D eigenvalue weighted by atomic mass is 9.98. The molecule has 0 spiro atoms. The number of pyridine rings is 1. The van der Waals surface area contributed by atoms with Gasteiger partial charge in [0.05, 0.1) is 0 Å². The quantitative estimate of drug-likeness (QED) is 0.737. The SMILES string of the molecule is N#Cc1cccc(CCNC(=O)OCC2c3ccccc3-c3ccccc32)n1. The van der Waals surface area contributed by atoms with Gasteiger partial charge in [-0.25, -0.2) is 9.78 Å². The van der Waals surface area contributed by atoms with Crippen LogP contribution in [-0.4, -0.2) is 24.2 Å². The van der Waals surface area contributed by atoms with Gasteiger partial charge in [-0.2, -0.15) is 5.26 Å². The smallest absolute Gasteiger partial charge is 0.407 e. The van der Waals surface area contributed by atoms with Crippen LogP contribution in [0.25, 0.3) is 11.1 Å². The molecule has 138 valence electrons. The summed E-state index contributed by atoms with van der Waals surface area (Å²) in [4.78, 5) is 16.3. The number of amides is 1. The number of rotatable bonds is 5. The number of nitrogens with zero attached hydrogens (tertiary/aromatic N) is 2. The lowest BCUT2D eigenvalue weighted by molar-refractivity contribution is 0.143. The highest BCUT2D eigenvalue weighted by Gasteiger charge is 2.28. The summed E-state index contributed by atoms with van der Waals surface area (Å²) in [7, 11) is 0. The molecule has 0 fully saturated rings. The zero-order valence-electron chi connectivity index (χ0n) is 15.3. The summed E-state index contributed by atoms with van der Waals surface area (Å²) in [5, 5.41) is 11.6. The molecule has 4 rings (SSSR count). The Kier molecular flexibility index (Phi) is 5.03. The second-order valence-electron chi connectivity index (χ2n) is 6.63. The van der Waals surface area contributed by atoms with Crippen molar-refractivity contribution in [1.82, 2.24) is 10.3 Å². The molecule has 1 aromatic heterocycles. The van der Waals surface area contributed by atoms with Gasteiger partial charge in [0.1, 0.15) is 18.4 Å². The van der Waals surface area contributed by atoms with Crippen LogP contribution in [-0.2, 0) is 11.2 Å². The van der Waals surface area contributed by atoms with E-state index < -0.39 is 6.09 Å². The summed E-state index contributed by atoms with van der Waals surface area (Å²) < 4.78 is 5.50. The first-order valence-corrected chi connectivity index (χ1v) is 9.21. The van der Waals surface area contributed by atoms with Gasteiger partial charge in [-0.1, -0.05) is 54.6 Å². The van der Waals surface area contributed by atoms with Crippen LogP contribution < -0.4 is 5.32 Å². The average Bonchev–Trinajstić information content (AvgIpc) is 3.06. The van der Waals surface area contributed by atoms with E-state index in [0.717, 1.165) is 5.69 Å². The maximum atomic E-state index is 12.1. The van der Waals surface area contributed by atoms with Crippen LogP contribution in [0.1, 0.15) is 28.4 Å². The number of nitrogens with one attached hydrogen (secondary N) is 1. The Labute approximate surface area is 163 Å². The van der Waals surface area contributed by atoms with Gasteiger partial charge in [0.25, 0.3) is 0 Å². The van der Waals surface area contributed by atoms with Crippen molar-refractivity contribution in [1.29, 1.82) is 5.26 Å². The second kappa shape index (κ2) is 7.93. The molecular weight excluding hydrogens is 350 g/mol. The molecule has 3 aromatic rings. The molecule has 0 radical (unpaired) electrons. The minimum Gasteiger partial charge on any atom is -0.449 e. The van der Waals surface area contributed by atoms with Crippen LogP contribution in [0, 0.1) is 11.3 Å². The van der Waals surface area contributed by atoms with Gasteiger partial charge in [-0.3, -0.25) is 0 Å². The van der Waals surface area contributed by atoms with Crippen molar-refractivity contribution in [2.45, 2.75) is 12.3 Å². The number of hydrogen-bond acceptors (Lipinski definition) is 4. The molecule has 0 aliphatic heterocycles. The Morgan fingerprint density at radius 2 is 1.68 bits per heavy atom. The zero-order chi connectivity index (χ0) is 19.3. The van der Waals surface area contributed by atoms with Gasteiger partial charge >= 0.3 is 6.09 Å². The summed E-state index contributed by atoms with van der Waals surface area (Å²) in [6, 6.07) is 23.8. The first kappa shape index (κ1) is 17.7. The highest BCUT2D eigenvalue weighted by molar-refractivity contribution is 5.79. The lowest BCUT2D eigenvalue weighted by Gasteiger charge is -2.14. The fourth-order valence-electron chi connectivity index (χ4n) is 3.62. The maximum absolute atomic E-state index is 12.1. The first-order chi connectivity index (χ1) is 13.8. The third-order valence-electron chi connectivity index (χ3n) is 4.92. The first-order valence-electron chi connectivity index (χ1n) is 9.21. The molecule has 1 aliphatic rings.